The second kappa shape index (κ2) is 7.73. The van der Waals surface area contributed by atoms with Gasteiger partial charge in [-0.1, -0.05) is 30.3 Å². The maximum atomic E-state index is 12.4. The maximum absolute atomic E-state index is 12.4. The van der Waals surface area contributed by atoms with Crippen LogP contribution in [0, 0.1) is 0 Å². The smallest absolute Gasteiger partial charge is 0.270 e. The summed E-state index contributed by atoms with van der Waals surface area (Å²) in [4.78, 5) is 35.7. The Bertz CT molecular complexity index is 853. The third-order valence-corrected chi connectivity index (χ3v) is 4.95. The zero-order valence-electron chi connectivity index (χ0n) is 15.2. The normalized spacial score (nSPS) is 17.0. The number of nitrogens with zero attached hydrogens (tertiary/aromatic N) is 3. The van der Waals surface area contributed by atoms with Crippen molar-refractivity contribution in [1.82, 2.24) is 20.6 Å². The Kier molecular flexibility index (Phi) is 5.00. The highest BCUT2D eigenvalue weighted by atomic mass is 16.2. The summed E-state index contributed by atoms with van der Waals surface area (Å²) in [5, 5.41) is 5.75. The molecule has 0 bridgehead atoms. The second-order valence-electron chi connectivity index (χ2n) is 6.91. The molecule has 7 heteroatoms. The highest BCUT2D eigenvalue weighted by Gasteiger charge is 2.27. The number of carbonyl (C=O) groups is 2. The third kappa shape index (κ3) is 3.92. The Labute approximate surface area is 158 Å². The van der Waals surface area contributed by atoms with Gasteiger partial charge in [0.05, 0.1) is 6.54 Å². The molecule has 0 radical (unpaired) electrons. The van der Waals surface area contributed by atoms with E-state index in [9.17, 15) is 9.59 Å². The first-order chi connectivity index (χ1) is 13.2. The van der Waals surface area contributed by atoms with Gasteiger partial charge in [0.25, 0.3) is 5.91 Å². The fourth-order valence-corrected chi connectivity index (χ4v) is 3.58. The number of anilines is 1. The Balaban J connectivity index is 1.67. The molecule has 4 rings (SSSR count). The molecule has 27 heavy (non-hydrogen) atoms. The lowest BCUT2D eigenvalue weighted by Gasteiger charge is -2.26. The molecule has 0 spiro atoms. The summed E-state index contributed by atoms with van der Waals surface area (Å²) in [6.45, 7) is 2.25. The molecule has 0 aliphatic carbocycles. The van der Waals surface area contributed by atoms with Crippen LogP contribution in [0.4, 0.5) is 5.82 Å². The number of nitrogens with one attached hydrogen (secondary N) is 2. The number of fused-ring (bicyclic) bond motifs is 1. The first-order valence-electron chi connectivity index (χ1n) is 9.44. The van der Waals surface area contributed by atoms with E-state index >= 15 is 0 Å². The number of hydrogen-bond acceptors (Lipinski definition) is 5. The highest BCUT2D eigenvalue weighted by Crippen LogP contribution is 2.25. The van der Waals surface area contributed by atoms with E-state index in [1.807, 2.05) is 23.1 Å². The molecule has 1 aromatic heterocycles. The topological polar surface area (TPSA) is 87.2 Å². The molecule has 1 saturated heterocycles. The van der Waals surface area contributed by atoms with Gasteiger partial charge in [0.15, 0.2) is 0 Å². The Morgan fingerprint density at radius 1 is 1.00 bits per heavy atom. The minimum absolute atomic E-state index is 0.00837. The lowest BCUT2D eigenvalue weighted by molar-refractivity contribution is -0.119. The minimum Gasteiger partial charge on any atom is -0.354 e. The summed E-state index contributed by atoms with van der Waals surface area (Å²) >= 11 is 0. The summed E-state index contributed by atoms with van der Waals surface area (Å²) in [7, 11) is 0. The largest absolute Gasteiger partial charge is 0.354 e. The van der Waals surface area contributed by atoms with E-state index in [4.69, 9.17) is 4.98 Å². The van der Waals surface area contributed by atoms with Crippen LogP contribution in [0.2, 0.25) is 0 Å². The van der Waals surface area contributed by atoms with E-state index in [1.54, 1.807) is 0 Å². The van der Waals surface area contributed by atoms with Gasteiger partial charge < -0.3 is 15.5 Å². The molecule has 2 aromatic rings. The van der Waals surface area contributed by atoms with Crippen LogP contribution >= 0.6 is 0 Å². The summed E-state index contributed by atoms with van der Waals surface area (Å²) in [5.41, 5.74) is 2.52. The molecule has 2 aliphatic heterocycles. The SMILES string of the molecule is O=C1CN(c2nc(CCc3ccccc3)nc3c2CCNC3=O)CCCN1. The van der Waals surface area contributed by atoms with E-state index in [1.165, 1.54) is 5.56 Å². The van der Waals surface area contributed by atoms with Crippen molar-refractivity contribution < 1.29 is 9.59 Å². The molecular formula is C20H23N5O2. The van der Waals surface area contributed by atoms with Gasteiger partial charge in [0.2, 0.25) is 5.91 Å². The van der Waals surface area contributed by atoms with Crippen molar-refractivity contribution >= 4 is 17.6 Å². The Morgan fingerprint density at radius 3 is 2.70 bits per heavy atom. The van der Waals surface area contributed by atoms with Crippen LogP contribution in [0.25, 0.3) is 0 Å². The number of benzene rings is 1. The van der Waals surface area contributed by atoms with Gasteiger partial charge in [-0.25, -0.2) is 9.97 Å². The van der Waals surface area contributed by atoms with Crippen molar-refractivity contribution in [3.05, 3.63) is 53.0 Å². The fraction of sp³-hybridized carbons (Fsp3) is 0.400. The van der Waals surface area contributed by atoms with Gasteiger partial charge in [0.1, 0.15) is 17.3 Å². The maximum Gasteiger partial charge on any atom is 0.270 e. The number of carbonyl (C=O) groups excluding carboxylic acids is 2. The Hall–Kier alpha value is -2.96. The van der Waals surface area contributed by atoms with Crippen molar-refractivity contribution in [2.45, 2.75) is 25.7 Å². The molecule has 7 nitrogen and oxygen atoms in total. The second-order valence-corrected chi connectivity index (χ2v) is 6.91. The van der Waals surface area contributed by atoms with Gasteiger partial charge in [-0.15, -0.1) is 0 Å². The molecule has 0 atom stereocenters. The van der Waals surface area contributed by atoms with Crippen LogP contribution in [0.5, 0.6) is 0 Å². The quantitative estimate of drug-likeness (QED) is 0.840. The van der Waals surface area contributed by atoms with E-state index in [2.05, 4.69) is 27.8 Å². The van der Waals surface area contributed by atoms with Gasteiger partial charge in [-0.2, -0.15) is 0 Å². The van der Waals surface area contributed by atoms with Gasteiger partial charge in [0, 0.05) is 31.6 Å². The van der Waals surface area contributed by atoms with Crippen LogP contribution in [-0.2, 0) is 24.1 Å². The van der Waals surface area contributed by atoms with Gasteiger partial charge in [-0.05, 0) is 24.8 Å². The monoisotopic (exact) mass is 365 g/mol. The van der Waals surface area contributed by atoms with Crippen LogP contribution in [0.1, 0.15) is 33.9 Å². The van der Waals surface area contributed by atoms with Crippen molar-refractivity contribution in [2.75, 3.05) is 31.1 Å². The van der Waals surface area contributed by atoms with Gasteiger partial charge >= 0.3 is 0 Å². The predicted octanol–water partition coefficient (Wildman–Crippen LogP) is 0.874. The molecule has 1 fully saturated rings. The van der Waals surface area contributed by atoms with E-state index in [-0.39, 0.29) is 18.4 Å². The molecule has 0 saturated carbocycles. The molecule has 2 N–H and O–H groups in total. The summed E-state index contributed by atoms with van der Waals surface area (Å²) < 4.78 is 0. The van der Waals surface area contributed by atoms with Crippen LogP contribution in [0.3, 0.4) is 0 Å². The summed E-state index contributed by atoms with van der Waals surface area (Å²) in [6, 6.07) is 10.2. The molecule has 2 amide bonds. The van der Waals surface area contributed by atoms with E-state index in [0.717, 1.165) is 30.8 Å². The van der Waals surface area contributed by atoms with E-state index in [0.29, 0.717) is 37.4 Å². The molecule has 3 heterocycles. The number of amides is 2. The minimum atomic E-state index is -0.153. The molecule has 2 aliphatic rings. The van der Waals surface area contributed by atoms with Crippen molar-refractivity contribution in [3.63, 3.8) is 0 Å². The highest BCUT2D eigenvalue weighted by molar-refractivity contribution is 5.96. The van der Waals surface area contributed by atoms with Gasteiger partial charge in [-0.3, -0.25) is 9.59 Å². The van der Waals surface area contributed by atoms with Crippen molar-refractivity contribution in [1.29, 1.82) is 0 Å². The first kappa shape index (κ1) is 17.5. The van der Waals surface area contributed by atoms with Crippen LogP contribution in [0.15, 0.2) is 30.3 Å². The van der Waals surface area contributed by atoms with E-state index < -0.39 is 0 Å². The number of aryl methyl sites for hydroxylation is 2. The number of aromatic nitrogens is 2. The standard InChI is InChI=1S/C20H23N5O2/c26-17-13-25(12-4-10-21-17)19-15-9-11-22-20(27)18(15)23-16(24-19)8-7-14-5-2-1-3-6-14/h1-3,5-6H,4,7-13H2,(H,21,26)(H,22,27). The molecular weight excluding hydrogens is 342 g/mol. The predicted molar refractivity (Wildman–Crippen MR) is 102 cm³/mol. The van der Waals surface area contributed by atoms with Crippen LogP contribution in [-0.4, -0.2) is 48.0 Å². The third-order valence-electron chi connectivity index (χ3n) is 4.95. The summed E-state index contributed by atoms with van der Waals surface area (Å²) in [5.74, 6) is 1.23. The summed E-state index contributed by atoms with van der Waals surface area (Å²) in [6.07, 6.45) is 3.00. The lowest BCUT2D eigenvalue weighted by atomic mass is 10.0. The number of rotatable bonds is 4. The Morgan fingerprint density at radius 2 is 1.85 bits per heavy atom. The average molecular weight is 365 g/mol. The lowest BCUT2D eigenvalue weighted by Crippen LogP contribution is -2.38. The average Bonchev–Trinajstić information content (AvgIpc) is 2.91. The fourth-order valence-electron chi connectivity index (χ4n) is 3.58. The molecule has 0 unspecified atom stereocenters. The van der Waals surface area contributed by atoms with Crippen molar-refractivity contribution in [2.24, 2.45) is 0 Å². The first-order valence-corrected chi connectivity index (χ1v) is 9.44. The molecule has 140 valence electrons. The zero-order chi connectivity index (χ0) is 18.6. The molecule has 1 aromatic carbocycles. The number of hydrogen-bond donors (Lipinski definition) is 2. The zero-order valence-corrected chi connectivity index (χ0v) is 15.2. The van der Waals surface area contributed by atoms with Crippen LogP contribution < -0.4 is 15.5 Å². The van der Waals surface area contributed by atoms with Crippen molar-refractivity contribution in [3.8, 4) is 0 Å².